The Hall–Kier alpha value is -2.64. The fourth-order valence-electron chi connectivity index (χ4n) is 3.98. The van der Waals surface area contributed by atoms with Crippen molar-refractivity contribution >= 4 is 30.8 Å². The van der Waals surface area contributed by atoms with Gasteiger partial charge in [0, 0.05) is 6.61 Å². The molecule has 33 heavy (non-hydrogen) atoms. The van der Waals surface area contributed by atoms with E-state index >= 15 is 0 Å². The lowest BCUT2D eigenvalue weighted by Gasteiger charge is -2.43. The van der Waals surface area contributed by atoms with Gasteiger partial charge in [-0.2, -0.15) is 0 Å². The highest BCUT2D eigenvalue weighted by molar-refractivity contribution is 6.99. The van der Waals surface area contributed by atoms with Crippen molar-refractivity contribution in [1.82, 2.24) is 5.32 Å². The highest BCUT2D eigenvalue weighted by Crippen LogP contribution is 2.36. The predicted octanol–water partition coefficient (Wildman–Crippen LogP) is 4.32. The van der Waals surface area contributed by atoms with Crippen molar-refractivity contribution in [3.8, 4) is 0 Å². The molecule has 0 aliphatic heterocycles. The standard InChI is InChI=1S/C26H37NO5Si/c1-25(2,3)32-24(30)27-22(23(28)29)18-13-19-31-33(26(4,5)6,20-14-9-7-10-15-20)21-16-11-8-12-17-21/h7-12,14-17,22H,13,18-19H2,1-6H3,(H,27,30)(H,28,29)/t22-/m1/s1. The Morgan fingerprint density at radius 3 is 1.79 bits per heavy atom. The molecule has 0 radical (unpaired) electrons. The molecule has 2 N–H and O–H groups in total. The molecule has 2 rings (SSSR count). The number of carbonyl (C=O) groups excluding carboxylic acids is 1. The summed E-state index contributed by atoms with van der Waals surface area (Å²) in [5.74, 6) is -1.09. The van der Waals surface area contributed by atoms with E-state index in [4.69, 9.17) is 9.16 Å². The topological polar surface area (TPSA) is 84.9 Å². The van der Waals surface area contributed by atoms with Crippen LogP contribution in [0.4, 0.5) is 4.79 Å². The van der Waals surface area contributed by atoms with E-state index in [0.29, 0.717) is 13.0 Å². The molecule has 1 atom stereocenters. The highest BCUT2D eigenvalue weighted by atomic mass is 28.4. The lowest BCUT2D eigenvalue weighted by atomic mass is 10.1. The Morgan fingerprint density at radius 2 is 1.39 bits per heavy atom. The minimum atomic E-state index is -2.67. The van der Waals surface area contributed by atoms with Crippen LogP contribution < -0.4 is 15.7 Å². The first-order valence-electron chi connectivity index (χ1n) is 11.3. The molecule has 2 aromatic rings. The number of carboxylic acid groups (broad SMARTS) is 1. The third-order valence-electron chi connectivity index (χ3n) is 5.36. The average Bonchev–Trinajstić information content (AvgIpc) is 2.72. The first-order chi connectivity index (χ1) is 15.4. The SMILES string of the molecule is CC(C)(C)OC(=O)N[C@H](CCCO[Si](c1ccccc1)(c1ccccc1)C(C)(C)C)C(=O)O. The molecule has 180 valence electrons. The van der Waals surface area contributed by atoms with Crippen LogP contribution in [0.15, 0.2) is 60.7 Å². The lowest BCUT2D eigenvalue weighted by molar-refractivity contribution is -0.139. The number of rotatable bonds is 9. The summed E-state index contributed by atoms with van der Waals surface area (Å²) in [6, 6.07) is 19.5. The molecular formula is C26H37NO5Si. The molecule has 0 saturated carbocycles. The van der Waals surface area contributed by atoms with E-state index in [-0.39, 0.29) is 11.5 Å². The van der Waals surface area contributed by atoms with E-state index in [1.807, 2.05) is 36.4 Å². The molecule has 0 saturated heterocycles. The van der Waals surface area contributed by atoms with Crippen LogP contribution in [0, 0.1) is 0 Å². The molecule has 2 aromatic carbocycles. The Bertz CT molecular complexity index is 864. The van der Waals surface area contributed by atoms with E-state index in [1.54, 1.807) is 20.8 Å². The van der Waals surface area contributed by atoms with Crippen molar-refractivity contribution in [2.24, 2.45) is 0 Å². The summed E-state index contributed by atoms with van der Waals surface area (Å²) in [6.07, 6.45) is -0.00729. The zero-order chi connectivity index (χ0) is 24.7. The molecule has 0 fully saturated rings. The summed E-state index contributed by atoms with van der Waals surface area (Å²) in [4.78, 5) is 23.7. The summed E-state index contributed by atoms with van der Waals surface area (Å²) in [6.45, 7) is 12.2. The number of alkyl carbamates (subject to hydrolysis) is 1. The molecule has 0 aliphatic rings. The van der Waals surface area contributed by atoms with E-state index in [1.165, 1.54) is 10.4 Å². The van der Waals surface area contributed by atoms with Crippen molar-refractivity contribution in [3.05, 3.63) is 60.7 Å². The zero-order valence-corrected chi connectivity index (χ0v) is 21.6. The Kier molecular flexibility index (Phi) is 8.86. The first-order valence-corrected chi connectivity index (χ1v) is 13.2. The Labute approximate surface area is 198 Å². The average molecular weight is 472 g/mol. The Morgan fingerprint density at radius 1 is 0.909 bits per heavy atom. The molecule has 0 bridgehead atoms. The van der Waals surface area contributed by atoms with Crippen LogP contribution in [-0.2, 0) is 14.0 Å². The van der Waals surface area contributed by atoms with Gasteiger partial charge in [0.25, 0.3) is 8.32 Å². The van der Waals surface area contributed by atoms with E-state index in [9.17, 15) is 14.7 Å². The first kappa shape index (κ1) is 26.6. The van der Waals surface area contributed by atoms with Gasteiger partial charge in [-0.3, -0.25) is 0 Å². The number of nitrogens with one attached hydrogen (secondary N) is 1. The van der Waals surface area contributed by atoms with Crippen molar-refractivity contribution in [3.63, 3.8) is 0 Å². The maximum absolute atomic E-state index is 12.0. The number of carbonyl (C=O) groups is 2. The van der Waals surface area contributed by atoms with Crippen LogP contribution in [-0.4, -0.2) is 43.7 Å². The monoisotopic (exact) mass is 471 g/mol. The third kappa shape index (κ3) is 7.17. The molecule has 0 unspecified atom stereocenters. The molecule has 1 amide bonds. The van der Waals surface area contributed by atoms with Gasteiger partial charge in [-0.05, 0) is 49.0 Å². The smallest absolute Gasteiger partial charge is 0.408 e. The van der Waals surface area contributed by atoms with Gasteiger partial charge >= 0.3 is 12.1 Å². The second-order valence-corrected chi connectivity index (χ2v) is 14.5. The molecule has 6 nitrogen and oxygen atoms in total. The number of aliphatic carboxylic acids is 1. The van der Waals surface area contributed by atoms with E-state index in [0.717, 1.165) is 0 Å². The molecular weight excluding hydrogens is 434 g/mol. The van der Waals surface area contributed by atoms with Gasteiger partial charge in [0.15, 0.2) is 0 Å². The second-order valence-electron chi connectivity index (χ2n) is 10.2. The number of benzene rings is 2. The summed E-state index contributed by atoms with van der Waals surface area (Å²) < 4.78 is 12.0. The van der Waals surface area contributed by atoms with E-state index < -0.39 is 32.0 Å². The van der Waals surface area contributed by atoms with Crippen molar-refractivity contribution < 1.29 is 23.9 Å². The summed E-state index contributed by atoms with van der Waals surface area (Å²) >= 11 is 0. The van der Waals surface area contributed by atoms with Crippen LogP contribution >= 0.6 is 0 Å². The van der Waals surface area contributed by atoms with Gasteiger partial charge in [-0.25, -0.2) is 9.59 Å². The second kappa shape index (κ2) is 11.0. The fraction of sp³-hybridized carbons (Fsp3) is 0.462. The maximum atomic E-state index is 12.0. The number of ether oxygens (including phenoxy) is 1. The number of amides is 1. The van der Waals surface area contributed by atoms with Crippen LogP contribution in [0.5, 0.6) is 0 Å². The predicted molar refractivity (Wildman–Crippen MR) is 134 cm³/mol. The van der Waals surface area contributed by atoms with Gasteiger partial charge in [-0.15, -0.1) is 0 Å². The molecule has 0 heterocycles. The Balaban J connectivity index is 2.20. The van der Waals surface area contributed by atoms with Crippen molar-refractivity contribution in [2.45, 2.75) is 71.1 Å². The normalized spacial score (nSPS) is 13.3. The third-order valence-corrected chi connectivity index (χ3v) is 10.4. The quantitative estimate of drug-likeness (QED) is 0.420. The minimum absolute atomic E-state index is 0.156. The van der Waals surface area contributed by atoms with Crippen molar-refractivity contribution in [1.29, 1.82) is 0 Å². The van der Waals surface area contributed by atoms with Crippen LogP contribution in [0.3, 0.4) is 0 Å². The zero-order valence-electron chi connectivity index (χ0n) is 20.6. The largest absolute Gasteiger partial charge is 0.480 e. The van der Waals surface area contributed by atoms with Gasteiger partial charge in [0.1, 0.15) is 11.6 Å². The van der Waals surface area contributed by atoms with Crippen LogP contribution in [0.25, 0.3) is 0 Å². The fourth-order valence-corrected chi connectivity index (χ4v) is 8.59. The van der Waals surface area contributed by atoms with Gasteiger partial charge in [0.2, 0.25) is 0 Å². The summed E-state index contributed by atoms with van der Waals surface area (Å²) in [5.41, 5.74) is -0.695. The van der Waals surface area contributed by atoms with Gasteiger partial charge in [0.05, 0.1) is 0 Å². The number of hydrogen-bond donors (Lipinski definition) is 2. The molecule has 0 spiro atoms. The lowest BCUT2D eigenvalue weighted by Crippen LogP contribution is -2.66. The summed E-state index contributed by atoms with van der Waals surface area (Å²) in [5, 5.41) is 14.2. The van der Waals surface area contributed by atoms with Crippen LogP contribution in [0.2, 0.25) is 5.04 Å². The van der Waals surface area contributed by atoms with E-state index in [2.05, 4.69) is 50.4 Å². The molecule has 0 aliphatic carbocycles. The van der Waals surface area contributed by atoms with Gasteiger partial charge in [-0.1, -0.05) is 81.4 Å². The molecule has 0 aromatic heterocycles. The number of carboxylic acids is 1. The molecule has 7 heteroatoms. The number of hydrogen-bond acceptors (Lipinski definition) is 4. The van der Waals surface area contributed by atoms with Crippen LogP contribution in [0.1, 0.15) is 54.4 Å². The highest BCUT2D eigenvalue weighted by Gasteiger charge is 2.50. The summed E-state index contributed by atoms with van der Waals surface area (Å²) in [7, 11) is -2.67. The minimum Gasteiger partial charge on any atom is -0.480 e. The van der Waals surface area contributed by atoms with Gasteiger partial charge < -0.3 is 19.6 Å². The maximum Gasteiger partial charge on any atom is 0.408 e. The van der Waals surface area contributed by atoms with Crippen molar-refractivity contribution in [2.75, 3.05) is 6.61 Å².